The fraction of sp³-hybridized carbons (Fsp3) is 0.935. The molecule has 6 heteroatoms. The van der Waals surface area contributed by atoms with Gasteiger partial charge in [-0.3, -0.25) is 14.4 Å². The van der Waals surface area contributed by atoms with E-state index < -0.39 is 6.10 Å². The summed E-state index contributed by atoms with van der Waals surface area (Å²) in [6.45, 7) is 8.93. The number of ether oxygens (including phenoxy) is 3. The van der Waals surface area contributed by atoms with Crippen LogP contribution < -0.4 is 0 Å². The van der Waals surface area contributed by atoms with Crippen LogP contribution in [0.15, 0.2) is 0 Å². The van der Waals surface area contributed by atoms with Crippen LogP contribution in [0.2, 0.25) is 0 Å². The van der Waals surface area contributed by atoms with Gasteiger partial charge in [0.15, 0.2) is 6.10 Å². The van der Waals surface area contributed by atoms with E-state index in [1.165, 1.54) is 148 Å². The molecule has 0 spiro atoms. The van der Waals surface area contributed by atoms with Gasteiger partial charge in [0.25, 0.3) is 0 Å². The lowest BCUT2D eigenvalue weighted by Crippen LogP contribution is -2.30. The summed E-state index contributed by atoms with van der Waals surface area (Å²) in [5, 5.41) is 0. The molecule has 0 rings (SSSR count). The smallest absolute Gasteiger partial charge is 0.306 e. The number of unbranched alkanes of at least 4 members (excludes halogenated alkanes) is 28. The van der Waals surface area contributed by atoms with Crippen molar-refractivity contribution >= 4 is 17.9 Å². The van der Waals surface area contributed by atoms with Crippen molar-refractivity contribution in [2.24, 2.45) is 5.92 Å². The predicted molar refractivity (Wildman–Crippen MR) is 220 cm³/mol. The van der Waals surface area contributed by atoms with Crippen molar-refractivity contribution in [3.05, 3.63) is 0 Å². The third kappa shape index (κ3) is 39.6. The highest BCUT2D eigenvalue weighted by Crippen LogP contribution is 2.16. The maximum absolute atomic E-state index is 12.6. The zero-order valence-electron chi connectivity index (χ0n) is 35.3. The molecule has 0 fully saturated rings. The van der Waals surface area contributed by atoms with Crippen LogP contribution in [-0.2, 0) is 28.6 Å². The first-order chi connectivity index (χ1) is 25.4. The molecule has 0 heterocycles. The highest BCUT2D eigenvalue weighted by atomic mass is 16.6. The summed E-state index contributed by atoms with van der Waals surface area (Å²) in [4.78, 5) is 37.6. The van der Waals surface area contributed by atoms with Gasteiger partial charge in [0.05, 0.1) is 0 Å². The van der Waals surface area contributed by atoms with Crippen molar-refractivity contribution in [2.45, 2.75) is 259 Å². The number of carbonyl (C=O) groups excluding carboxylic acids is 3. The zero-order valence-corrected chi connectivity index (χ0v) is 35.3. The monoisotopic (exact) mass is 737 g/mol. The average molecular weight is 737 g/mol. The molecule has 0 aromatic carbocycles. The Morgan fingerprint density at radius 2 is 0.635 bits per heavy atom. The first kappa shape index (κ1) is 50.4. The third-order valence-electron chi connectivity index (χ3n) is 10.3. The molecule has 0 aromatic heterocycles. The van der Waals surface area contributed by atoms with Gasteiger partial charge in [-0.05, 0) is 25.2 Å². The van der Waals surface area contributed by atoms with Gasteiger partial charge in [-0.25, -0.2) is 0 Å². The molecule has 0 amide bonds. The van der Waals surface area contributed by atoms with Crippen molar-refractivity contribution in [2.75, 3.05) is 13.2 Å². The van der Waals surface area contributed by atoms with E-state index >= 15 is 0 Å². The molecule has 1 atom stereocenters. The topological polar surface area (TPSA) is 78.9 Å². The molecule has 0 bridgehead atoms. The van der Waals surface area contributed by atoms with E-state index in [0.717, 1.165) is 63.7 Å². The van der Waals surface area contributed by atoms with E-state index in [2.05, 4.69) is 27.7 Å². The Balaban J connectivity index is 4.20. The SMILES string of the molecule is CCCCCCCCCCCCCCCCCCC(=O)OC[C@H](COC(=O)CCCCCCCCCCC(C)C)OC(=O)CCCCCCCCC. The van der Waals surface area contributed by atoms with Gasteiger partial charge in [-0.15, -0.1) is 0 Å². The van der Waals surface area contributed by atoms with Crippen molar-refractivity contribution in [1.82, 2.24) is 0 Å². The third-order valence-corrected chi connectivity index (χ3v) is 10.3. The Kier molecular flexibility index (Phi) is 39.4. The molecule has 0 N–H and O–H groups in total. The van der Waals surface area contributed by atoms with Crippen molar-refractivity contribution in [1.29, 1.82) is 0 Å². The minimum absolute atomic E-state index is 0.0646. The molecule has 0 aliphatic heterocycles. The van der Waals surface area contributed by atoms with Crippen LogP contribution in [0.5, 0.6) is 0 Å². The van der Waals surface area contributed by atoms with Crippen LogP contribution in [0.4, 0.5) is 0 Å². The van der Waals surface area contributed by atoms with Gasteiger partial charge < -0.3 is 14.2 Å². The predicted octanol–water partition coefficient (Wildman–Crippen LogP) is 14.3. The molecule has 0 aliphatic carbocycles. The number of esters is 3. The Morgan fingerprint density at radius 3 is 0.942 bits per heavy atom. The van der Waals surface area contributed by atoms with E-state index in [9.17, 15) is 14.4 Å². The Morgan fingerprint density at radius 1 is 0.365 bits per heavy atom. The Bertz CT molecular complexity index is 781. The van der Waals surface area contributed by atoms with Crippen molar-refractivity contribution in [3.63, 3.8) is 0 Å². The summed E-state index contributed by atoms with van der Waals surface area (Å²) in [6, 6.07) is 0. The summed E-state index contributed by atoms with van der Waals surface area (Å²) in [5.74, 6) is -0.0656. The van der Waals surface area contributed by atoms with Gasteiger partial charge in [0.2, 0.25) is 0 Å². The van der Waals surface area contributed by atoms with Crippen LogP contribution >= 0.6 is 0 Å². The fourth-order valence-electron chi connectivity index (χ4n) is 6.80. The molecule has 308 valence electrons. The normalized spacial score (nSPS) is 11.9. The summed E-state index contributed by atoms with van der Waals surface area (Å²) < 4.78 is 16.7. The van der Waals surface area contributed by atoms with E-state index in [4.69, 9.17) is 14.2 Å². The lowest BCUT2D eigenvalue weighted by molar-refractivity contribution is -0.167. The van der Waals surface area contributed by atoms with Gasteiger partial charge in [0.1, 0.15) is 13.2 Å². The summed E-state index contributed by atoms with van der Waals surface area (Å²) >= 11 is 0. The zero-order chi connectivity index (χ0) is 38.2. The number of hydrogen-bond acceptors (Lipinski definition) is 6. The van der Waals surface area contributed by atoms with E-state index in [1.807, 2.05) is 0 Å². The van der Waals surface area contributed by atoms with Crippen LogP contribution in [0.1, 0.15) is 252 Å². The molecule has 0 aromatic rings. The van der Waals surface area contributed by atoms with Gasteiger partial charge in [0, 0.05) is 19.3 Å². The minimum atomic E-state index is -0.758. The highest BCUT2D eigenvalue weighted by molar-refractivity contribution is 5.71. The summed E-state index contributed by atoms with van der Waals surface area (Å²) in [7, 11) is 0. The molecular weight excluding hydrogens is 649 g/mol. The number of rotatable bonds is 41. The molecule has 0 radical (unpaired) electrons. The lowest BCUT2D eigenvalue weighted by atomic mass is 10.0. The molecule has 6 nitrogen and oxygen atoms in total. The molecule has 0 saturated heterocycles. The first-order valence-corrected chi connectivity index (χ1v) is 22.9. The summed E-state index contributed by atoms with van der Waals surface area (Å²) in [5.41, 5.74) is 0. The minimum Gasteiger partial charge on any atom is -0.462 e. The van der Waals surface area contributed by atoms with Gasteiger partial charge in [-0.1, -0.05) is 214 Å². The molecule has 0 saturated carbocycles. The van der Waals surface area contributed by atoms with Crippen molar-refractivity contribution in [3.8, 4) is 0 Å². The van der Waals surface area contributed by atoms with E-state index in [0.29, 0.717) is 19.3 Å². The van der Waals surface area contributed by atoms with E-state index in [-0.39, 0.29) is 31.1 Å². The fourth-order valence-corrected chi connectivity index (χ4v) is 6.80. The highest BCUT2D eigenvalue weighted by Gasteiger charge is 2.19. The molecular formula is C46H88O6. The first-order valence-electron chi connectivity index (χ1n) is 22.9. The second-order valence-corrected chi connectivity index (χ2v) is 16.2. The Hall–Kier alpha value is -1.59. The number of carbonyl (C=O) groups is 3. The van der Waals surface area contributed by atoms with E-state index in [1.54, 1.807) is 0 Å². The summed E-state index contributed by atoms with van der Waals surface area (Å²) in [6.07, 6.45) is 39.6. The molecule has 0 unspecified atom stereocenters. The lowest BCUT2D eigenvalue weighted by Gasteiger charge is -2.18. The maximum atomic E-state index is 12.6. The quantitative estimate of drug-likeness (QED) is 0.0353. The second kappa shape index (κ2) is 40.6. The average Bonchev–Trinajstić information content (AvgIpc) is 3.12. The van der Waals surface area contributed by atoms with Crippen LogP contribution in [0.3, 0.4) is 0 Å². The Labute approximate surface area is 323 Å². The molecule has 52 heavy (non-hydrogen) atoms. The van der Waals surface area contributed by atoms with Crippen molar-refractivity contribution < 1.29 is 28.6 Å². The maximum Gasteiger partial charge on any atom is 0.306 e. The molecule has 0 aliphatic rings. The van der Waals surface area contributed by atoms with Crippen LogP contribution in [0, 0.1) is 5.92 Å². The van der Waals surface area contributed by atoms with Crippen LogP contribution in [0.25, 0.3) is 0 Å². The standard InChI is InChI=1S/C46H88O6/c1-5-7-9-11-13-14-15-16-17-18-19-20-21-26-29-33-37-44(47)50-40-43(52-46(49)39-35-31-24-12-10-8-6-2)41-51-45(48)38-34-30-27-23-22-25-28-32-36-42(3)4/h42-43H,5-41H2,1-4H3/t43-/m1/s1. The van der Waals surface area contributed by atoms with Crippen LogP contribution in [-0.4, -0.2) is 37.2 Å². The number of hydrogen-bond donors (Lipinski definition) is 0. The van der Waals surface area contributed by atoms with Gasteiger partial charge >= 0.3 is 17.9 Å². The largest absolute Gasteiger partial charge is 0.462 e. The second-order valence-electron chi connectivity index (χ2n) is 16.2. The van der Waals surface area contributed by atoms with Gasteiger partial charge in [-0.2, -0.15) is 0 Å².